The second kappa shape index (κ2) is 6.40. The van der Waals surface area contributed by atoms with Gasteiger partial charge in [0.05, 0.1) is 6.61 Å². The van der Waals surface area contributed by atoms with E-state index in [1.54, 1.807) is 0 Å². The first-order chi connectivity index (χ1) is 8.40. The lowest BCUT2D eigenvalue weighted by molar-refractivity contribution is -0.122. The summed E-state index contributed by atoms with van der Waals surface area (Å²) in [4.78, 5) is 11.6. The molecule has 0 aromatic heterocycles. The lowest BCUT2D eigenvalue weighted by Gasteiger charge is -2.17. The largest absolute Gasteiger partial charge is 0.494 e. The molecule has 0 atom stereocenters. The van der Waals surface area contributed by atoms with Crippen LogP contribution in [0.5, 0.6) is 5.75 Å². The van der Waals surface area contributed by atoms with Crippen LogP contribution in [0.4, 0.5) is 0 Å². The van der Waals surface area contributed by atoms with Crippen LogP contribution in [0.2, 0.25) is 0 Å². The van der Waals surface area contributed by atoms with Gasteiger partial charge in [-0.25, -0.2) is 0 Å². The number of ether oxygens (including phenoxy) is 1. The van der Waals surface area contributed by atoms with Crippen molar-refractivity contribution in [3.05, 3.63) is 29.8 Å². The molecule has 1 aromatic rings. The molecule has 3 N–H and O–H groups in total. The van der Waals surface area contributed by atoms with Crippen molar-refractivity contribution < 1.29 is 9.53 Å². The van der Waals surface area contributed by atoms with E-state index in [0.29, 0.717) is 19.6 Å². The fraction of sp³-hybridized carbons (Fsp3) is 0.500. The first-order valence-electron chi connectivity index (χ1n) is 6.18. The van der Waals surface area contributed by atoms with Gasteiger partial charge in [0.25, 0.3) is 0 Å². The fourth-order valence-corrected chi connectivity index (χ4v) is 1.55. The Labute approximate surface area is 109 Å². The Morgan fingerprint density at radius 1 is 1.33 bits per heavy atom. The van der Waals surface area contributed by atoms with Gasteiger partial charge >= 0.3 is 0 Å². The number of benzene rings is 1. The van der Waals surface area contributed by atoms with Crippen LogP contribution in [0.15, 0.2) is 24.3 Å². The Hall–Kier alpha value is -1.55. The molecule has 0 fully saturated rings. The summed E-state index contributed by atoms with van der Waals surface area (Å²) in [5.74, 6) is 0.812. The van der Waals surface area contributed by atoms with Crippen molar-refractivity contribution in [1.82, 2.24) is 5.32 Å². The van der Waals surface area contributed by atoms with Crippen LogP contribution in [-0.2, 0) is 11.3 Å². The van der Waals surface area contributed by atoms with Crippen molar-refractivity contribution in [2.45, 2.75) is 39.3 Å². The third-order valence-electron chi connectivity index (χ3n) is 2.34. The molecule has 0 aliphatic carbocycles. The highest BCUT2D eigenvalue weighted by Gasteiger charge is 2.15. The van der Waals surface area contributed by atoms with Crippen molar-refractivity contribution in [2.75, 3.05) is 6.61 Å². The van der Waals surface area contributed by atoms with E-state index >= 15 is 0 Å². The molecule has 4 nitrogen and oxygen atoms in total. The number of hydrogen-bond donors (Lipinski definition) is 2. The summed E-state index contributed by atoms with van der Waals surface area (Å²) in [6, 6.07) is 7.69. The smallest absolute Gasteiger partial charge is 0.222 e. The Bertz CT molecular complexity index is 380. The topological polar surface area (TPSA) is 64.3 Å². The molecule has 1 amide bonds. The van der Waals surface area contributed by atoms with Crippen molar-refractivity contribution in [1.29, 1.82) is 0 Å². The van der Waals surface area contributed by atoms with Gasteiger partial charge in [0.2, 0.25) is 5.91 Å². The van der Waals surface area contributed by atoms with E-state index in [4.69, 9.17) is 10.5 Å². The van der Waals surface area contributed by atoms with Gasteiger partial charge < -0.3 is 15.8 Å². The second-order valence-corrected chi connectivity index (χ2v) is 5.02. The molecule has 4 heteroatoms. The van der Waals surface area contributed by atoms with Crippen LogP contribution in [0.1, 0.15) is 32.8 Å². The van der Waals surface area contributed by atoms with Gasteiger partial charge in [0.1, 0.15) is 5.75 Å². The Balaban J connectivity index is 2.41. The number of hydrogen-bond acceptors (Lipinski definition) is 3. The van der Waals surface area contributed by atoms with Gasteiger partial charge in [-0.15, -0.1) is 0 Å². The van der Waals surface area contributed by atoms with E-state index in [-0.39, 0.29) is 5.91 Å². The predicted octanol–water partition coefficient (Wildman–Crippen LogP) is 1.83. The number of amides is 1. The lowest BCUT2D eigenvalue weighted by Crippen LogP contribution is -2.38. The normalized spacial score (nSPS) is 11.1. The number of rotatable bonds is 6. The van der Waals surface area contributed by atoms with E-state index in [1.165, 1.54) is 0 Å². The van der Waals surface area contributed by atoms with Gasteiger partial charge in [-0.05, 0) is 38.5 Å². The third kappa shape index (κ3) is 5.68. The lowest BCUT2D eigenvalue weighted by atomic mass is 10.0. The average Bonchev–Trinajstić information content (AvgIpc) is 2.26. The van der Waals surface area contributed by atoms with Gasteiger partial charge in [-0.1, -0.05) is 12.1 Å². The van der Waals surface area contributed by atoms with E-state index < -0.39 is 5.54 Å². The summed E-state index contributed by atoms with van der Waals surface area (Å²) in [6.45, 7) is 6.79. The summed E-state index contributed by atoms with van der Waals surface area (Å²) >= 11 is 0. The summed E-state index contributed by atoms with van der Waals surface area (Å²) in [5, 5.41) is 2.85. The maximum Gasteiger partial charge on any atom is 0.222 e. The zero-order chi connectivity index (χ0) is 13.6. The second-order valence-electron chi connectivity index (χ2n) is 5.02. The molecular formula is C14H22N2O2. The highest BCUT2D eigenvalue weighted by Crippen LogP contribution is 2.12. The molecule has 0 spiro atoms. The number of nitrogens with one attached hydrogen (secondary N) is 1. The Kier molecular flexibility index (Phi) is 5.16. The van der Waals surface area contributed by atoms with Crippen molar-refractivity contribution in [2.24, 2.45) is 5.73 Å². The zero-order valence-electron chi connectivity index (χ0n) is 11.3. The minimum atomic E-state index is -0.469. The van der Waals surface area contributed by atoms with Crippen molar-refractivity contribution >= 4 is 5.91 Å². The monoisotopic (exact) mass is 250 g/mol. The molecule has 0 unspecified atom stereocenters. The predicted molar refractivity (Wildman–Crippen MR) is 72.3 cm³/mol. The molecule has 0 aliphatic rings. The standard InChI is InChI=1S/C14H22N2O2/c1-4-18-12-7-5-11(6-8-12)10-16-13(17)9-14(2,3)15/h5-8H,4,9-10,15H2,1-3H3,(H,16,17). The fourth-order valence-electron chi connectivity index (χ4n) is 1.55. The Morgan fingerprint density at radius 2 is 1.94 bits per heavy atom. The summed E-state index contributed by atoms with van der Waals surface area (Å²) in [5.41, 5.74) is 6.36. The minimum absolute atomic E-state index is 0.0311. The minimum Gasteiger partial charge on any atom is -0.494 e. The SMILES string of the molecule is CCOc1ccc(CNC(=O)CC(C)(C)N)cc1. The summed E-state index contributed by atoms with van der Waals surface area (Å²) in [6.07, 6.45) is 0.323. The first kappa shape index (κ1) is 14.5. The van der Waals surface area contributed by atoms with Crippen molar-refractivity contribution in [3.63, 3.8) is 0 Å². The highest BCUT2D eigenvalue weighted by molar-refractivity contribution is 5.77. The number of nitrogens with two attached hydrogens (primary N) is 1. The maximum atomic E-state index is 11.6. The molecule has 0 heterocycles. The van der Waals surface area contributed by atoms with Gasteiger partial charge in [0, 0.05) is 18.5 Å². The van der Waals surface area contributed by atoms with Crippen LogP contribution in [0, 0.1) is 0 Å². The molecule has 18 heavy (non-hydrogen) atoms. The van der Waals surface area contributed by atoms with Crippen LogP contribution >= 0.6 is 0 Å². The average molecular weight is 250 g/mol. The molecule has 1 aromatic carbocycles. The third-order valence-corrected chi connectivity index (χ3v) is 2.34. The first-order valence-corrected chi connectivity index (χ1v) is 6.18. The number of carbonyl (C=O) groups is 1. The van der Waals surface area contributed by atoms with E-state index in [2.05, 4.69) is 5.32 Å². The van der Waals surface area contributed by atoms with Crippen LogP contribution in [0.3, 0.4) is 0 Å². The number of carbonyl (C=O) groups excluding carboxylic acids is 1. The highest BCUT2D eigenvalue weighted by atomic mass is 16.5. The molecular weight excluding hydrogens is 228 g/mol. The molecule has 0 saturated heterocycles. The molecule has 0 bridgehead atoms. The molecule has 0 aliphatic heterocycles. The molecule has 1 rings (SSSR count). The zero-order valence-corrected chi connectivity index (χ0v) is 11.3. The van der Waals surface area contributed by atoms with Gasteiger partial charge in [0.15, 0.2) is 0 Å². The van der Waals surface area contributed by atoms with Crippen LogP contribution < -0.4 is 15.8 Å². The van der Waals surface area contributed by atoms with Gasteiger partial charge in [-0.3, -0.25) is 4.79 Å². The van der Waals surface area contributed by atoms with E-state index in [9.17, 15) is 4.79 Å². The molecule has 0 radical (unpaired) electrons. The Morgan fingerprint density at radius 3 is 2.44 bits per heavy atom. The van der Waals surface area contributed by atoms with Crippen molar-refractivity contribution in [3.8, 4) is 5.75 Å². The van der Waals surface area contributed by atoms with E-state index in [1.807, 2.05) is 45.0 Å². The van der Waals surface area contributed by atoms with Gasteiger partial charge in [-0.2, -0.15) is 0 Å². The quantitative estimate of drug-likeness (QED) is 0.809. The molecule has 0 saturated carbocycles. The molecule has 100 valence electrons. The summed E-state index contributed by atoms with van der Waals surface area (Å²) < 4.78 is 5.35. The van der Waals surface area contributed by atoms with Crippen LogP contribution in [0.25, 0.3) is 0 Å². The van der Waals surface area contributed by atoms with Crippen LogP contribution in [-0.4, -0.2) is 18.1 Å². The van der Waals surface area contributed by atoms with E-state index in [0.717, 1.165) is 11.3 Å². The summed E-state index contributed by atoms with van der Waals surface area (Å²) in [7, 11) is 0. The maximum absolute atomic E-state index is 11.6.